The number of aromatic amines is 1. The van der Waals surface area contributed by atoms with Crippen LogP contribution in [0.1, 0.15) is 75.5 Å². The van der Waals surface area contributed by atoms with Gasteiger partial charge in [-0.2, -0.15) is 15.6 Å². The lowest BCUT2D eigenvalue weighted by Crippen LogP contribution is -2.56. The summed E-state index contributed by atoms with van der Waals surface area (Å²) in [4.78, 5) is 36.2. The largest absolute Gasteiger partial charge is 0.390 e. The molecule has 2 aliphatic rings. The van der Waals surface area contributed by atoms with Gasteiger partial charge in [0.1, 0.15) is 18.3 Å². The lowest BCUT2D eigenvalue weighted by atomic mass is 10.1. The van der Waals surface area contributed by atoms with E-state index in [0.717, 1.165) is 0 Å². The maximum Gasteiger partial charge on any atom is 0.367 e. The summed E-state index contributed by atoms with van der Waals surface area (Å²) in [5.41, 5.74) is 0.0533. The van der Waals surface area contributed by atoms with Crippen molar-refractivity contribution in [3.05, 3.63) is 16.7 Å². The molecule has 2 aliphatic heterocycles. The van der Waals surface area contributed by atoms with Crippen molar-refractivity contribution in [2.45, 2.75) is 115 Å². The first-order chi connectivity index (χ1) is 18.6. The maximum atomic E-state index is 12.8. The van der Waals surface area contributed by atoms with Gasteiger partial charge in [0.05, 0.1) is 12.9 Å². The maximum absolute atomic E-state index is 12.8. The van der Waals surface area contributed by atoms with Crippen LogP contribution < -0.4 is 10.9 Å². The van der Waals surface area contributed by atoms with Crippen LogP contribution in [0.5, 0.6) is 0 Å². The lowest BCUT2D eigenvalue weighted by Gasteiger charge is -2.58. The van der Waals surface area contributed by atoms with Crippen molar-refractivity contribution in [3.8, 4) is 0 Å². The van der Waals surface area contributed by atoms with Gasteiger partial charge in [-0.15, -0.1) is 0 Å². The summed E-state index contributed by atoms with van der Waals surface area (Å²) in [5.74, 6) is -0.602. The first-order valence-corrected chi connectivity index (χ1v) is 17.7. The van der Waals surface area contributed by atoms with Crippen molar-refractivity contribution in [1.82, 2.24) is 19.5 Å². The van der Waals surface area contributed by atoms with Gasteiger partial charge < -0.3 is 14.3 Å². The summed E-state index contributed by atoms with van der Waals surface area (Å²) in [6.07, 6.45) is -1.98. The monoisotopic (exact) mass is 599 g/mol. The molecule has 0 spiro atoms. The van der Waals surface area contributed by atoms with E-state index in [1.54, 1.807) is 13.8 Å². The van der Waals surface area contributed by atoms with Crippen LogP contribution in [0.15, 0.2) is 11.1 Å². The van der Waals surface area contributed by atoms with Crippen LogP contribution >= 0.6 is 10.6 Å². The molecule has 2 aromatic heterocycles. The minimum absolute atomic E-state index is 0.00263. The zero-order chi connectivity index (χ0) is 29.7. The molecule has 0 aromatic carbocycles. The Hall–Kier alpha value is -1.81. The predicted octanol–water partition coefficient (Wildman–Crippen LogP) is 4.12. The molecule has 4 unspecified atom stereocenters. The molecule has 12 nitrogen and oxygen atoms in total. The van der Waals surface area contributed by atoms with Gasteiger partial charge in [0.15, 0.2) is 17.4 Å². The third-order valence-corrected chi connectivity index (χ3v) is 16.8. The highest BCUT2D eigenvalue weighted by atomic mass is 32.3. The number of aliphatic hydroxyl groups excluding tert-OH is 1. The lowest BCUT2D eigenvalue weighted by molar-refractivity contribution is -0.118. The van der Waals surface area contributed by atoms with Gasteiger partial charge in [-0.05, 0) is 38.8 Å². The summed E-state index contributed by atoms with van der Waals surface area (Å²) in [7, 11) is -4.99. The number of fused-ring (bicyclic) bond motifs is 2. The number of carbonyl (C=O) groups is 1. The number of nitrogens with one attached hydrogen (secondary N) is 2. The molecule has 0 radical (unpaired) electrons. The van der Waals surface area contributed by atoms with Gasteiger partial charge in [0, 0.05) is 16.4 Å². The normalized spacial score (nSPS) is 27.4. The van der Waals surface area contributed by atoms with Gasteiger partial charge in [-0.25, -0.2) is 4.98 Å². The minimum atomic E-state index is -2.80. The Kier molecular flexibility index (Phi) is 8.92. The molecule has 40 heavy (non-hydrogen) atoms. The third kappa shape index (κ3) is 5.27. The highest BCUT2D eigenvalue weighted by Gasteiger charge is 2.58. The number of aliphatic hydroxyl groups is 1. The number of H-pyrrole nitrogens is 1. The molecule has 4 atom stereocenters. The molecule has 226 valence electrons. The Bertz CT molecular complexity index is 1260. The third-order valence-electron chi connectivity index (χ3n) is 7.70. The molecule has 2 aromatic rings. The number of rotatable bonds is 7. The summed E-state index contributed by atoms with van der Waals surface area (Å²) < 4.78 is 28.8. The highest BCUT2D eigenvalue weighted by molar-refractivity contribution is 8.27. The van der Waals surface area contributed by atoms with E-state index in [2.05, 4.69) is 75.7 Å². The van der Waals surface area contributed by atoms with E-state index in [-0.39, 0.29) is 57.1 Å². The Labute approximate surface area is 238 Å². The van der Waals surface area contributed by atoms with Crippen LogP contribution in [0.3, 0.4) is 0 Å². The standard InChI is InChI=1S/C26H45N5O7SSi/c1-13(2)23(33)29-26-28-22-19(24(34)30-26)27-12-31(22)25-20(32)21-18(36-25)11-35-40(16(7)8,17(9)10)38-39(37-21,14(3)4)15(5)6/h12-18,20-21,25,32H,11H2,1-10H3,(H2,28,29,30,33,34). The molecule has 0 saturated carbocycles. The van der Waals surface area contributed by atoms with Crippen molar-refractivity contribution >= 4 is 42.2 Å². The van der Waals surface area contributed by atoms with Crippen LogP contribution in [0.25, 0.3) is 11.2 Å². The molecule has 2 fully saturated rings. The number of aromatic nitrogens is 4. The van der Waals surface area contributed by atoms with Gasteiger partial charge in [0.25, 0.3) is 5.56 Å². The molecule has 1 amide bonds. The number of hydrogen-bond acceptors (Lipinski definition) is 9. The first kappa shape index (κ1) is 31.1. The number of anilines is 1. The molecule has 4 rings (SSSR count). The van der Waals surface area contributed by atoms with E-state index < -0.39 is 49.2 Å². The van der Waals surface area contributed by atoms with E-state index in [1.807, 2.05) is 0 Å². The van der Waals surface area contributed by atoms with Gasteiger partial charge in [0.2, 0.25) is 11.9 Å². The molecule has 0 aliphatic carbocycles. The zero-order valence-electron chi connectivity index (χ0n) is 25.1. The Morgan fingerprint density at radius 1 is 1.12 bits per heavy atom. The zero-order valence-corrected chi connectivity index (χ0v) is 26.9. The van der Waals surface area contributed by atoms with E-state index in [0.29, 0.717) is 0 Å². The van der Waals surface area contributed by atoms with E-state index in [4.69, 9.17) is 17.2 Å². The molecule has 2 saturated heterocycles. The van der Waals surface area contributed by atoms with Crippen LogP contribution in [-0.2, 0) is 22.0 Å². The fraction of sp³-hybridized carbons (Fsp3) is 0.769. The van der Waals surface area contributed by atoms with Crippen LogP contribution in [0, 0.1) is 5.92 Å². The molecule has 4 heterocycles. The van der Waals surface area contributed by atoms with Crippen molar-refractivity contribution in [1.29, 1.82) is 0 Å². The predicted molar refractivity (Wildman–Crippen MR) is 157 cm³/mol. The number of amides is 1. The number of imidazole rings is 1. The smallest absolute Gasteiger partial charge is 0.367 e. The fourth-order valence-corrected chi connectivity index (χ4v) is 15.0. The highest BCUT2D eigenvalue weighted by Crippen LogP contribution is 2.65. The molecular formula is C26H45N5O7SSi. The fourth-order valence-electron chi connectivity index (χ4n) is 5.42. The second-order valence-electron chi connectivity index (χ2n) is 12.1. The van der Waals surface area contributed by atoms with Crippen LogP contribution in [0.4, 0.5) is 5.95 Å². The van der Waals surface area contributed by atoms with Crippen LogP contribution in [-0.4, -0.2) is 74.5 Å². The number of carbonyl (C=O) groups excluding carboxylic acids is 1. The molecular weight excluding hydrogens is 554 g/mol. The molecule has 0 bridgehead atoms. The van der Waals surface area contributed by atoms with Gasteiger partial charge >= 0.3 is 8.56 Å². The summed E-state index contributed by atoms with van der Waals surface area (Å²) >= 11 is 0. The minimum Gasteiger partial charge on any atom is -0.390 e. The van der Waals surface area contributed by atoms with Crippen molar-refractivity contribution in [2.24, 2.45) is 5.92 Å². The molecule has 3 N–H and O–H groups in total. The van der Waals surface area contributed by atoms with E-state index in [9.17, 15) is 14.7 Å². The summed E-state index contributed by atoms with van der Waals surface area (Å²) in [6.45, 7) is 20.6. The van der Waals surface area contributed by atoms with E-state index in [1.165, 1.54) is 10.9 Å². The van der Waals surface area contributed by atoms with Crippen LogP contribution in [0.2, 0.25) is 11.1 Å². The second kappa shape index (κ2) is 11.5. The second-order valence-corrected chi connectivity index (χ2v) is 20.1. The van der Waals surface area contributed by atoms with Gasteiger partial charge in [-0.3, -0.25) is 32.5 Å². The van der Waals surface area contributed by atoms with Crippen molar-refractivity contribution in [2.75, 3.05) is 11.9 Å². The van der Waals surface area contributed by atoms with E-state index >= 15 is 0 Å². The Balaban J connectivity index is 1.76. The topological polar surface area (TPSA) is 150 Å². The number of hydrogen-bond donors (Lipinski definition) is 3. The summed E-state index contributed by atoms with van der Waals surface area (Å²) in [6, 6.07) is 0. The molecule has 14 heteroatoms. The number of nitrogens with zero attached hydrogens (tertiary/aromatic N) is 3. The van der Waals surface area contributed by atoms with Gasteiger partial charge in [-0.1, -0.05) is 41.5 Å². The quantitative estimate of drug-likeness (QED) is 0.400. The average Bonchev–Trinajstić information content (AvgIpc) is 3.39. The Morgan fingerprint density at radius 3 is 2.30 bits per heavy atom. The average molecular weight is 600 g/mol. The van der Waals surface area contributed by atoms with Crippen molar-refractivity contribution < 1.29 is 27.1 Å². The first-order valence-electron chi connectivity index (χ1n) is 14.1. The summed E-state index contributed by atoms with van der Waals surface area (Å²) in [5, 5.41) is 14.4. The van der Waals surface area contributed by atoms with Crippen molar-refractivity contribution in [3.63, 3.8) is 0 Å². The Morgan fingerprint density at radius 2 is 1.75 bits per heavy atom. The SMILES string of the molecule is CC(C)C(=O)Nc1nc2c(ncn2C2OC3CO[Si](C(C)C)(C(C)C)OS(C(C)C)(C(C)C)OC3C2O)c(=O)[nH]1. The number of ether oxygens (including phenoxy) is 1.